The third-order valence-electron chi connectivity index (χ3n) is 10.9. The van der Waals surface area contributed by atoms with Gasteiger partial charge in [-0.2, -0.15) is 0 Å². The van der Waals surface area contributed by atoms with Crippen LogP contribution in [0.5, 0.6) is 0 Å². The molecule has 0 bridgehead atoms. The van der Waals surface area contributed by atoms with Gasteiger partial charge in [0, 0.05) is 16.7 Å². The van der Waals surface area contributed by atoms with Crippen molar-refractivity contribution in [3.05, 3.63) is 193 Å². The van der Waals surface area contributed by atoms with Gasteiger partial charge in [-0.25, -0.2) is 4.98 Å². The van der Waals surface area contributed by atoms with Gasteiger partial charge in [-0.1, -0.05) is 146 Å². The lowest BCUT2D eigenvalue weighted by molar-refractivity contribution is 1.10. The van der Waals surface area contributed by atoms with Gasteiger partial charge in [0.15, 0.2) is 0 Å². The van der Waals surface area contributed by atoms with Crippen molar-refractivity contribution in [1.82, 2.24) is 4.98 Å². The first-order chi connectivity index (χ1) is 25.3. The molecule has 1 unspecified atom stereocenters. The van der Waals surface area contributed by atoms with E-state index in [9.17, 15) is 0 Å². The van der Waals surface area contributed by atoms with Crippen molar-refractivity contribution >= 4 is 43.7 Å². The van der Waals surface area contributed by atoms with E-state index in [1.165, 1.54) is 71.3 Å². The molecule has 2 aliphatic rings. The summed E-state index contributed by atoms with van der Waals surface area (Å²) in [5.74, 6) is 0.163. The summed E-state index contributed by atoms with van der Waals surface area (Å²) >= 11 is 0. The summed E-state index contributed by atoms with van der Waals surface area (Å²) in [6.07, 6.45) is 0. The molecule has 51 heavy (non-hydrogen) atoms. The number of para-hydroxylation sites is 1. The highest BCUT2D eigenvalue weighted by molar-refractivity contribution is 6.22. The number of nitrogens with zero attached hydrogens (tertiary/aromatic N) is 2. The highest BCUT2D eigenvalue weighted by Gasteiger charge is 2.36. The first-order valence-corrected chi connectivity index (χ1v) is 17.6. The second-order valence-electron chi connectivity index (χ2n) is 13.6. The molecule has 1 aliphatic heterocycles. The molecule has 2 nitrogen and oxygen atoms in total. The van der Waals surface area contributed by atoms with Crippen LogP contribution in [0.15, 0.2) is 181 Å². The van der Waals surface area contributed by atoms with Crippen LogP contribution in [-0.4, -0.2) is 10.7 Å². The Bertz CT molecular complexity index is 2880. The number of aliphatic imine (C=N–C) groups is 1. The smallest absolute Gasteiger partial charge is 0.0722 e. The molecular weight excluding hydrogens is 617 g/mol. The van der Waals surface area contributed by atoms with Crippen molar-refractivity contribution in [3.63, 3.8) is 0 Å². The monoisotopic (exact) mass is 646 g/mol. The van der Waals surface area contributed by atoms with Crippen molar-refractivity contribution in [2.24, 2.45) is 4.99 Å². The lowest BCUT2D eigenvalue weighted by Gasteiger charge is -2.27. The minimum Gasteiger partial charge on any atom is -0.251 e. The Hall–Kier alpha value is -6.64. The van der Waals surface area contributed by atoms with E-state index in [1.807, 2.05) is 0 Å². The quantitative estimate of drug-likeness (QED) is 0.175. The molecule has 0 radical (unpaired) electrons. The van der Waals surface area contributed by atoms with Crippen LogP contribution in [0.4, 0.5) is 5.69 Å². The molecule has 0 N–H and O–H groups in total. The van der Waals surface area contributed by atoms with Gasteiger partial charge in [-0.05, 0) is 96.0 Å². The molecular formula is C49H30N2. The SMILES string of the molecule is c1cc(-c2ccc3c(c2)-c2ccccc2C2C3=Nc3ccccc32)nc(-c2c3ccccc3c(-c3ccc4ccccc4c3)c3ccccc23)c1. The summed E-state index contributed by atoms with van der Waals surface area (Å²) in [6.45, 7) is 0. The summed E-state index contributed by atoms with van der Waals surface area (Å²) in [4.78, 5) is 10.6. The Kier molecular flexibility index (Phi) is 6.05. The number of fused-ring (bicyclic) bond motifs is 11. The van der Waals surface area contributed by atoms with E-state index in [2.05, 4.69) is 176 Å². The first kappa shape index (κ1) is 28.2. The minimum absolute atomic E-state index is 0.163. The Morgan fingerprint density at radius 2 is 1.00 bits per heavy atom. The maximum absolute atomic E-state index is 5.43. The molecule has 0 fully saturated rings. The standard InChI is InChI=1S/C49H30N2/c1-2-13-31-28-33(25-24-30(31)12-1)46-36-16-5-7-18-38(36)47(39-19-8-6-17-37(39)46)45-23-11-22-43(50-45)32-26-27-40-42(29-32)34-14-3-4-15-35(34)48-41-20-9-10-21-44(41)51-49(40)48/h1-29,48H. The summed E-state index contributed by atoms with van der Waals surface area (Å²) in [5, 5.41) is 7.36. The molecule has 0 saturated carbocycles. The zero-order valence-electron chi connectivity index (χ0n) is 27.7. The Morgan fingerprint density at radius 3 is 1.80 bits per heavy atom. The molecule has 236 valence electrons. The first-order valence-electron chi connectivity index (χ1n) is 17.6. The van der Waals surface area contributed by atoms with Crippen LogP contribution in [0.2, 0.25) is 0 Å². The summed E-state index contributed by atoms with van der Waals surface area (Å²) in [7, 11) is 0. The number of rotatable bonds is 3. The molecule has 2 heteroatoms. The maximum atomic E-state index is 5.43. The largest absolute Gasteiger partial charge is 0.251 e. The Labute approximate surface area is 296 Å². The molecule has 2 heterocycles. The van der Waals surface area contributed by atoms with Crippen LogP contribution in [0.1, 0.15) is 22.6 Å². The average molecular weight is 647 g/mol. The number of hydrogen-bond acceptors (Lipinski definition) is 2. The highest BCUT2D eigenvalue weighted by Crippen LogP contribution is 2.50. The van der Waals surface area contributed by atoms with Crippen molar-refractivity contribution in [2.45, 2.75) is 5.92 Å². The fourth-order valence-corrected chi connectivity index (χ4v) is 8.64. The number of pyridine rings is 1. The van der Waals surface area contributed by atoms with E-state index in [1.54, 1.807) is 0 Å². The number of benzene rings is 8. The predicted molar refractivity (Wildman–Crippen MR) is 213 cm³/mol. The van der Waals surface area contributed by atoms with Crippen molar-refractivity contribution in [2.75, 3.05) is 0 Å². The van der Waals surface area contributed by atoms with Gasteiger partial charge < -0.3 is 0 Å². The molecule has 1 atom stereocenters. The van der Waals surface area contributed by atoms with Crippen LogP contribution in [0, 0.1) is 0 Å². The van der Waals surface area contributed by atoms with Crippen LogP contribution < -0.4 is 0 Å². The third kappa shape index (κ3) is 4.23. The maximum Gasteiger partial charge on any atom is 0.0722 e. The van der Waals surface area contributed by atoms with Gasteiger partial charge in [-0.15, -0.1) is 0 Å². The van der Waals surface area contributed by atoms with Crippen molar-refractivity contribution < 1.29 is 0 Å². The van der Waals surface area contributed by atoms with Gasteiger partial charge in [-0.3, -0.25) is 4.99 Å². The van der Waals surface area contributed by atoms with Gasteiger partial charge in [0.2, 0.25) is 0 Å². The fraction of sp³-hybridized carbons (Fsp3) is 0.0204. The third-order valence-corrected chi connectivity index (χ3v) is 10.9. The zero-order valence-corrected chi connectivity index (χ0v) is 27.7. The topological polar surface area (TPSA) is 25.2 Å². The predicted octanol–water partition coefficient (Wildman–Crippen LogP) is 12.8. The van der Waals surface area contributed by atoms with Gasteiger partial charge in [0.25, 0.3) is 0 Å². The molecule has 0 spiro atoms. The fourth-order valence-electron chi connectivity index (χ4n) is 8.64. The van der Waals surface area contributed by atoms with Crippen LogP contribution in [-0.2, 0) is 0 Å². The minimum atomic E-state index is 0.163. The van der Waals surface area contributed by atoms with E-state index in [-0.39, 0.29) is 5.92 Å². The van der Waals surface area contributed by atoms with Crippen LogP contribution in [0.25, 0.3) is 77.1 Å². The van der Waals surface area contributed by atoms with Crippen molar-refractivity contribution in [3.8, 4) is 44.8 Å². The lowest BCUT2D eigenvalue weighted by Crippen LogP contribution is -2.18. The number of aromatic nitrogens is 1. The lowest BCUT2D eigenvalue weighted by atomic mass is 9.75. The summed E-state index contributed by atoms with van der Waals surface area (Å²) < 4.78 is 0. The Morgan fingerprint density at radius 1 is 0.373 bits per heavy atom. The molecule has 0 saturated heterocycles. The molecule has 9 aromatic rings. The van der Waals surface area contributed by atoms with Gasteiger partial charge in [0.05, 0.1) is 28.7 Å². The second kappa shape index (κ2) is 10.9. The molecule has 8 aromatic carbocycles. The van der Waals surface area contributed by atoms with Gasteiger partial charge in [0.1, 0.15) is 0 Å². The van der Waals surface area contributed by atoms with Gasteiger partial charge >= 0.3 is 0 Å². The van der Waals surface area contributed by atoms with E-state index >= 15 is 0 Å². The van der Waals surface area contributed by atoms with Crippen LogP contribution in [0.3, 0.4) is 0 Å². The molecule has 0 amide bonds. The second-order valence-corrected chi connectivity index (χ2v) is 13.6. The molecule has 1 aliphatic carbocycles. The number of hydrogen-bond donors (Lipinski definition) is 0. The average Bonchev–Trinajstić information content (AvgIpc) is 3.60. The van der Waals surface area contributed by atoms with Crippen molar-refractivity contribution in [1.29, 1.82) is 0 Å². The molecule has 1 aromatic heterocycles. The summed E-state index contributed by atoms with van der Waals surface area (Å²) in [6, 6.07) is 63.7. The summed E-state index contributed by atoms with van der Waals surface area (Å²) in [5.41, 5.74) is 15.2. The zero-order chi connectivity index (χ0) is 33.5. The van der Waals surface area contributed by atoms with E-state index in [4.69, 9.17) is 9.98 Å². The highest BCUT2D eigenvalue weighted by atomic mass is 14.8. The van der Waals surface area contributed by atoms with E-state index < -0.39 is 0 Å². The van der Waals surface area contributed by atoms with Crippen LogP contribution >= 0.6 is 0 Å². The normalized spacial score (nSPS) is 14.2. The van der Waals surface area contributed by atoms with E-state index in [0.29, 0.717) is 0 Å². The Balaban J connectivity index is 1.09. The molecule has 11 rings (SSSR count). The van der Waals surface area contributed by atoms with E-state index in [0.717, 1.165) is 33.9 Å².